The van der Waals surface area contributed by atoms with Gasteiger partial charge in [-0.15, -0.1) is 11.3 Å². The highest BCUT2D eigenvalue weighted by Gasteiger charge is 2.36. The molecule has 0 spiro atoms. The third-order valence-corrected chi connectivity index (χ3v) is 6.95. The SMILES string of the molecule is O=C(c1cc2c(=O)n3ccccc3nc2s1)N1CCC[C@@H]2CCCC[C@@H]21. The van der Waals surface area contributed by atoms with Crippen molar-refractivity contribution < 1.29 is 4.79 Å². The summed E-state index contributed by atoms with van der Waals surface area (Å²) in [5, 5.41) is 0.541. The average molecular weight is 367 g/mol. The number of thiophene rings is 1. The van der Waals surface area contributed by atoms with Gasteiger partial charge in [0.1, 0.15) is 10.5 Å². The minimum Gasteiger partial charge on any atom is -0.335 e. The first-order valence-corrected chi connectivity index (χ1v) is 10.3. The molecule has 2 aliphatic rings. The number of aromatic nitrogens is 2. The van der Waals surface area contributed by atoms with Crippen molar-refractivity contribution in [1.29, 1.82) is 0 Å². The molecule has 1 saturated heterocycles. The summed E-state index contributed by atoms with van der Waals surface area (Å²) in [6, 6.07) is 7.63. The van der Waals surface area contributed by atoms with Crippen LogP contribution in [0.1, 0.15) is 48.2 Å². The molecule has 0 unspecified atom stereocenters. The number of nitrogens with zero attached hydrogens (tertiary/aromatic N) is 3. The van der Waals surface area contributed by atoms with E-state index in [9.17, 15) is 9.59 Å². The Labute approximate surface area is 155 Å². The maximum absolute atomic E-state index is 13.2. The Hall–Kier alpha value is -2.21. The summed E-state index contributed by atoms with van der Waals surface area (Å²) >= 11 is 1.35. The van der Waals surface area contributed by atoms with Crippen molar-refractivity contribution in [3.8, 4) is 0 Å². The molecule has 6 heteroatoms. The summed E-state index contributed by atoms with van der Waals surface area (Å²) < 4.78 is 1.54. The van der Waals surface area contributed by atoms with Crippen LogP contribution in [0.5, 0.6) is 0 Å². The molecule has 1 saturated carbocycles. The van der Waals surface area contributed by atoms with Crippen LogP contribution in [0.4, 0.5) is 0 Å². The lowest BCUT2D eigenvalue weighted by molar-refractivity contribution is 0.0395. The molecule has 3 aromatic rings. The molecule has 2 atom stereocenters. The van der Waals surface area contributed by atoms with Gasteiger partial charge in [0.15, 0.2) is 0 Å². The Morgan fingerprint density at radius 3 is 2.92 bits per heavy atom. The molecule has 1 amide bonds. The number of piperidine rings is 1. The van der Waals surface area contributed by atoms with Gasteiger partial charge in [-0.3, -0.25) is 14.0 Å². The van der Waals surface area contributed by atoms with E-state index in [-0.39, 0.29) is 11.5 Å². The lowest BCUT2D eigenvalue weighted by Gasteiger charge is -2.44. The maximum atomic E-state index is 13.2. The van der Waals surface area contributed by atoms with Gasteiger partial charge in [0.25, 0.3) is 11.5 Å². The molecule has 134 valence electrons. The van der Waals surface area contributed by atoms with Crippen LogP contribution in [-0.4, -0.2) is 32.8 Å². The zero-order valence-corrected chi connectivity index (χ0v) is 15.4. The van der Waals surface area contributed by atoms with Gasteiger partial charge in [0.2, 0.25) is 0 Å². The van der Waals surface area contributed by atoms with Gasteiger partial charge in [0.05, 0.1) is 10.3 Å². The smallest absolute Gasteiger partial charge is 0.266 e. The normalized spacial score (nSPS) is 23.3. The van der Waals surface area contributed by atoms with Crippen molar-refractivity contribution in [1.82, 2.24) is 14.3 Å². The van der Waals surface area contributed by atoms with E-state index in [1.807, 2.05) is 18.2 Å². The molecule has 4 heterocycles. The molecule has 5 rings (SSSR count). The lowest BCUT2D eigenvalue weighted by atomic mass is 9.78. The number of hydrogen-bond acceptors (Lipinski definition) is 4. The molecule has 2 fully saturated rings. The highest BCUT2D eigenvalue weighted by Crippen LogP contribution is 2.36. The summed E-state index contributed by atoms with van der Waals surface area (Å²) in [7, 11) is 0. The first-order valence-electron chi connectivity index (χ1n) is 9.44. The molecule has 0 bridgehead atoms. The third-order valence-electron chi connectivity index (χ3n) is 5.93. The maximum Gasteiger partial charge on any atom is 0.266 e. The number of carbonyl (C=O) groups excluding carboxylic acids is 1. The summed E-state index contributed by atoms with van der Waals surface area (Å²) in [4.78, 5) is 33.9. The second-order valence-electron chi connectivity index (χ2n) is 7.43. The Morgan fingerprint density at radius 2 is 2.00 bits per heavy atom. The standard InChI is InChI=1S/C20H21N3O2S/c24-19-14-12-16(26-18(14)21-17-9-3-4-10-23(17)19)20(25)22-11-5-7-13-6-1-2-8-15(13)22/h3-4,9-10,12-13,15H,1-2,5-8,11H2/t13-,15-/m0/s1. The summed E-state index contributed by atoms with van der Waals surface area (Å²) in [6.07, 6.45) is 8.92. The third kappa shape index (κ3) is 2.47. The van der Waals surface area contributed by atoms with Crippen LogP contribution < -0.4 is 5.56 Å². The zero-order chi connectivity index (χ0) is 17.7. The Morgan fingerprint density at radius 1 is 1.15 bits per heavy atom. The van der Waals surface area contributed by atoms with Gasteiger partial charge in [-0.05, 0) is 49.8 Å². The number of rotatable bonds is 1. The molecule has 0 aromatic carbocycles. The van der Waals surface area contributed by atoms with Gasteiger partial charge >= 0.3 is 0 Å². The average Bonchev–Trinajstić information content (AvgIpc) is 3.11. The van der Waals surface area contributed by atoms with Crippen LogP contribution in [0.2, 0.25) is 0 Å². The second kappa shape index (κ2) is 6.20. The zero-order valence-electron chi connectivity index (χ0n) is 14.6. The Bertz CT molecular complexity index is 1050. The van der Waals surface area contributed by atoms with Gasteiger partial charge in [-0.1, -0.05) is 18.9 Å². The number of amides is 1. The summed E-state index contributed by atoms with van der Waals surface area (Å²) in [5.74, 6) is 0.736. The number of fused-ring (bicyclic) bond motifs is 3. The topological polar surface area (TPSA) is 54.7 Å². The summed E-state index contributed by atoms with van der Waals surface area (Å²) in [6.45, 7) is 0.836. The van der Waals surface area contributed by atoms with Crippen molar-refractivity contribution in [3.63, 3.8) is 0 Å². The van der Waals surface area contributed by atoms with Gasteiger partial charge in [0, 0.05) is 18.8 Å². The molecule has 0 N–H and O–H groups in total. The summed E-state index contributed by atoms with van der Waals surface area (Å²) in [5.41, 5.74) is 0.520. The van der Waals surface area contributed by atoms with E-state index < -0.39 is 0 Å². The van der Waals surface area contributed by atoms with E-state index >= 15 is 0 Å². The highest BCUT2D eigenvalue weighted by atomic mass is 32.1. The molecule has 3 aromatic heterocycles. The largest absolute Gasteiger partial charge is 0.335 e. The minimum atomic E-state index is -0.102. The van der Waals surface area contributed by atoms with Crippen molar-refractivity contribution in [3.05, 3.63) is 45.7 Å². The predicted molar refractivity (Wildman–Crippen MR) is 103 cm³/mol. The lowest BCUT2D eigenvalue weighted by Crippen LogP contribution is -2.49. The van der Waals surface area contributed by atoms with Gasteiger partial charge in [-0.25, -0.2) is 4.98 Å². The van der Waals surface area contributed by atoms with Crippen LogP contribution in [0.25, 0.3) is 15.9 Å². The number of likely N-dealkylation sites (tertiary alicyclic amines) is 1. The van der Waals surface area contributed by atoms with E-state index in [0.717, 1.165) is 19.4 Å². The molecular weight excluding hydrogens is 346 g/mol. The van der Waals surface area contributed by atoms with Crippen molar-refractivity contribution >= 4 is 33.1 Å². The van der Waals surface area contributed by atoms with Crippen molar-refractivity contribution in [2.24, 2.45) is 5.92 Å². The Balaban J connectivity index is 1.56. The van der Waals surface area contributed by atoms with Crippen LogP contribution in [0, 0.1) is 5.92 Å². The molecule has 5 nitrogen and oxygen atoms in total. The highest BCUT2D eigenvalue weighted by molar-refractivity contribution is 7.20. The van der Waals surface area contributed by atoms with Crippen LogP contribution in [-0.2, 0) is 0 Å². The number of pyridine rings is 1. The first-order chi connectivity index (χ1) is 12.7. The molecule has 0 radical (unpaired) electrons. The van der Waals surface area contributed by atoms with Gasteiger partial charge < -0.3 is 4.90 Å². The number of carbonyl (C=O) groups is 1. The quantitative estimate of drug-likeness (QED) is 0.659. The van der Waals surface area contributed by atoms with Crippen LogP contribution in [0.3, 0.4) is 0 Å². The molecule has 26 heavy (non-hydrogen) atoms. The molecule has 1 aliphatic carbocycles. The van der Waals surface area contributed by atoms with E-state index in [1.165, 1.54) is 37.0 Å². The number of hydrogen-bond donors (Lipinski definition) is 0. The Kier molecular flexibility index (Phi) is 3.81. The monoisotopic (exact) mass is 367 g/mol. The van der Waals surface area contributed by atoms with E-state index in [1.54, 1.807) is 16.7 Å². The van der Waals surface area contributed by atoms with Crippen molar-refractivity contribution in [2.45, 2.75) is 44.6 Å². The molecule has 1 aliphatic heterocycles. The fraction of sp³-hybridized carbons (Fsp3) is 0.450. The van der Waals surface area contributed by atoms with E-state index in [4.69, 9.17) is 0 Å². The second-order valence-corrected chi connectivity index (χ2v) is 8.46. The first kappa shape index (κ1) is 16.0. The van der Waals surface area contributed by atoms with E-state index in [0.29, 0.717) is 32.7 Å². The van der Waals surface area contributed by atoms with Gasteiger partial charge in [-0.2, -0.15) is 0 Å². The molecular formula is C20H21N3O2S. The fourth-order valence-electron chi connectivity index (χ4n) is 4.67. The van der Waals surface area contributed by atoms with Crippen LogP contribution in [0.15, 0.2) is 35.3 Å². The van der Waals surface area contributed by atoms with Crippen molar-refractivity contribution in [2.75, 3.05) is 6.54 Å². The predicted octanol–water partition coefficient (Wildman–Crippen LogP) is 3.70. The van der Waals surface area contributed by atoms with E-state index in [2.05, 4.69) is 9.88 Å². The van der Waals surface area contributed by atoms with Crippen LogP contribution >= 0.6 is 11.3 Å². The fourth-order valence-corrected chi connectivity index (χ4v) is 5.66. The minimum absolute atomic E-state index is 0.0815.